The van der Waals surface area contributed by atoms with Gasteiger partial charge in [-0.05, 0) is 80.0 Å². The minimum absolute atomic E-state index is 0.00965. The third-order valence-electron chi connectivity index (χ3n) is 8.88. The van der Waals surface area contributed by atoms with E-state index < -0.39 is 29.9 Å². The van der Waals surface area contributed by atoms with Gasteiger partial charge in [0.25, 0.3) is 5.91 Å². The lowest BCUT2D eigenvalue weighted by Gasteiger charge is -2.46. The SMILES string of the molecule is Cn1cnnc1[C@]1(c2cccc(N3Cc4c(cc(CNC5(C)CCC5)cc4C(F)(F)F)C3=O)c2)C[C@@H](OCF)C1. The van der Waals surface area contributed by atoms with Gasteiger partial charge in [0.2, 0.25) is 0 Å². The molecule has 1 amide bonds. The Labute approximate surface area is 229 Å². The minimum atomic E-state index is -4.59. The van der Waals surface area contributed by atoms with Crippen LogP contribution in [0.4, 0.5) is 23.2 Å². The maximum atomic E-state index is 14.2. The van der Waals surface area contributed by atoms with E-state index in [2.05, 4.69) is 22.4 Å². The van der Waals surface area contributed by atoms with E-state index in [0.29, 0.717) is 29.9 Å². The number of aryl methyl sites for hydroxylation is 1. The summed E-state index contributed by atoms with van der Waals surface area (Å²) in [6, 6.07) is 9.97. The Morgan fingerprint density at radius 2 is 1.95 bits per heavy atom. The number of carbonyl (C=O) groups excluding carboxylic acids is 1. The van der Waals surface area contributed by atoms with E-state index in [1.165, 1.54) is 11.0 Å². The molecule has 2 saturated carbocycles. The first-order chi connectivity index (χ1) is 19.0. The molecule has 1 N–H and O–H groups in total. The quantitative estimate of drug-likeness (QED) is 0.375. The molecule has 0 spiro atoms. The Bertz CT molecular complexity index is 1440. The van der Waals surface area contributed by atoms with Crippen molar-refractivity contribution >= 4 is 11.6 Å². The Hall–Kier alpha value is -3.31. The van der Waals surface area contributed by atoms with Crippen molar-refractivity contribution in [3.05, 3.63) is 76.4 Å². The van der Waals surface area contributed by atoms with Crippen LogP contribution < -0.4 is 10.2 Å². The van der Waals surface area contributed by atoms with E-state index in [1.54, 1.807) is 29.1 Å². The van der Waals surface area contributed by atoms with Gasteiger partial charge in [-0.2, -0.15) is 13.2 Å². The van der Waals surface area contributed by atoms with Gasteiger partial charge in [0.1, 0.15) is 12.2 Å². The summed E-state index contributed by atoms with van der Waals surface area (Å²) in [6.45, 7) is 1.26. The van der Waals surface area contributed by atoms with Crippen LogP contribution in [-0.4, -0.2) is 39.2 Å². The molecule has 6 rings (SSSR count). The molecule has 0 radical (unpaired) electrons. The fraction of sp³-hybridized carbons (Fsp3) is 0.483. The number of hydrogen-bond donors (Lipinski definition) is 1. The topological polar surface area (TPSA) is 72.3 Å². The Kier molecular flexibility index (Phi) is 6.49. The lowest BCUT2D eigenvalue weighted by Crippen LogP contribution is -2.48. The molecule has 40 heavy (non-hydrogen) atoms. The van der Waals surface area contributed by atoms with Crippen LogP contribution in [0, 0.1) is 0 Å². The second-order valence-electron chi connectivity index (χ2n) is 11.5. The zero-order chi connectivity index (χ0) is 28.3. The molecule has 2 heterocycles. The first-order valence-corrected chi connectivity index (χ1v) is 13.5. The van der Waals surface area contributed by atoms with Crippen molar-refractivity contribution in [2.24, 2.45) is 7.05 Å². The minimum Gasteiger partial charge on any atom is -0.347 e. The molecule has 2 aliphatic carbocycles. The maximum Gasteiger partial charge on any atom is 0.416 e. The predicted molar refractivity (Wildman–Crippen MR) is 139 cm³/mol. The Balaban J connectivity index is 1.33. The van der Waals surface area contributed by atoms with Crippen LogP contribution >= 0.6 is 0 Å². The highest BCUT2D eigenvalue weighted by Crippen LogP contribution is 2.50. The van der Waals surface area contributed by atoms with Crippen molar-refractivity contribution in [2.45, 2.75) is 75.4 Å². The van der Waals surface area contributed by atoms with Crippen molar-refractivity contribution in [3.63, 3.8) is 0 Å². The van der Waals surface area contributed by atoms with E-state index >= 15 is 0 Å². The molecule has 0 unspecified atom stereocenters. The summed E-state index contributed by atoms with van der Waals surface area (Å²) in [4.78, 5) is 15.0. The van der Waals surface area contributed by atoms with Crippen molar-refractivity contribution in [1.29, 1.82) is 0 Å². The highest BCUT2D eigenvalue weighted by atomic mass is 19.4. The molecule has 7 nitrogen and oxygen atoms in total. The van der Waals surface area contributed by atoms with Crippen LogP contribution in [0.15, 0.2) is 42.7 Å². The zero-order valence-corrected chi connectivity index (χ0v) is 22.4. The third kappa shape index (κ3) is 4.49. The van der Waals surface area contributed by atoms with Crippen LogP contribution in [0.1, 0.15) is 77.5 Å². The number of alkyl halides is 4. The number of aromatic nitrogens is 3. The van der Waals surface area contributed by atoms with Gasteiger partial charge in [-0.3, -0.25) is 4.79 Å². The van der Waals surface area contributed by atoms with Gasteiger partial charge in [-0.25, -0.2) is 4.39 Å². The van der Waals surface area contributed by atoms with Crippen LogP contribution in [0.2, 0.25) is 0 Å². The van der Waals surface area contributed by atoms with Gasteiger partial charge >= 0.3 is 6.18 Å². The van der Waals surface area contributed by atoms with Gasteiger partial charge in [-0.1, -0.05) is 12.1 Å². The molecule has 11 heteroatoms. The molecule has 2 fully saturated rings. The number of nitrogens with one attached hydrogen (secondary N) is 1. The van der Waals surface area contributed by atoms with Gasteiger partial charge in [-0.15, -0.1) is 10.2 Å². The lowest BCUT2D eigenvalue weighted by atomic mass is 9.62. The molecular formula is C29H31F4N5O2. The molecule has 0 bridgehead atoms. The van der Waals surface area contributed by atoms with Crippen molar-refractivity contribution < 1.29 is 27.1 Å². The standard InChI is InChI=1S/C29H31F4N5O2/c1-27(7-4-8-27)34-14-18-9-22-23(24(10-18)29(31,32)33)15-38(25(22)39)20-6-3-5-19(11-20)28(12-21(13-28)40-16-30)26-36-35-17-37(26)2/h3,5-6,9-11,17,21,34H,4,7-8,12-16H2,1-2H3/t21-,28-. The summed E-state index contributed by atoms with van der Waals surface area (Å²) in [5.74, 6) is 0.213. The summed E-state index contributed by atoms with van der Waals surface area (Å²) in [5.41, 5.74) is 0.352. The summed E-state index contributed by atoms with van der Waals surface area (Å²) < 4.78 is 62.4. The number of rotatable bonds is 8. The smallest absolute Gasteiger partial charge is 0.347 e. The van der Waals surface area contributed by atoms with E-state index in [9.17, 15) is 22.4 Å². The number of amides is 1. The van der Waals surface area contributed by atoms with Crippen molar-refractivity contribution in [2.75, 3.05) is 11.8 Å². The second kappa shape index (κ2) is 9.66. The molecule has 3 aliphatic rings. The predicted octanol–water partition coefficient (Wildman–Crippen LogP) is 5.42. The fourth-order valence-corrected chi connectivity index (χ4v) is 6.39. The number of carbonyl (C=O) groups is 1. The maximum absolute atomic E-state index is 14.2. The number of fused-ring (bicyclic) bond motifs is 1. The molecule has 3 aromatic rings. The van der Waals surface area contributed by atoms with E-state index in [0.717, 1.165) is 24.8 Å². The first-order valence-electron chi connectivity index (χ1n) is 13.5. The summed E-state index contributed by atoms with van der Waals surface area (Å²) in [7, 11) is 1.82. The monoisotopic (exact) mass is 557 g/mol. The van der Waals surface area contributed by atoms with Crippen LogP contribution in [0.5, 0.6) is 0 Å². The van der Waals surface area contributed by atoms with Gasteiger partial charge in [0.15, 0.2) is 6.86 Å². The summed E-state index contributed by atoms with van der Waals surface area (Å²) >= 11 is 0. The van der Waals surface area contributed by atoms with E-state index in [4.69, 9.17) is 4.74 Å². The number of anilines is 1. The molecule has 1 aliphatic heterocycles. The molecule has 0 saturated heterocycles. The molecule has 0 atom stereocenters. The third-order valence-corrected chi connectivity index (χ3v) is 8.88. The number of nitrogens with zero attached hydrogens (tertiary/aromatic N) is 4. The number of ether oxygens (including phenoxy) is 1. The number of hydrogen-bond acceptors (Lipinski definition) is 5. The summed E-state index contributed by atoms with van der Waals surface area (Å²) in [6.07, 6.45) is 0.671. The summed E-state index contributed by atoms with van der Waals surface area (Å²) in [5, 5.41) is 11.7. The van der Waals surface area contributed by atoms with Crippen LogP contribution in [0.25, 0.3) is 0 Å². The lowest BCUT2D eigenvalue weighted by molar-refractivity contribution is -0.138. The Morgan fingerprint density at radius 1 is 1.18 bits per heavy atom. The number of benzene rings is 2. The van der Waals surface area contributed by atoms with Crippen molar-refractivity contribution in [3.8, 4) is 0 Å². The van der Waals surface area contributed by atoms with E-state index in [1.807, 2.05) is 19.2 Å². The highest BCUT2D eigenvalue weighted by molar-refractivity contribution is 6.10. The Morgan fingerprint density at radius 3 is 2.58 bits per heavy atom. The highest BCUT2D eigenvalue weighted by Gasteiger charge is 2.51. The van der Waals surface area contributed by atoms with Crippen molar-refractivity contribution in [1.82, 2.24) is 20.1 Å². The zero-order valence-electron chi connectivity index (χ0n) is 22.4. The molecule has 1 aromatic heterocycles. The average molecular weight is 558 g/mol. The van der Waals surface area contributed by atoms with Gasteiger partial charge in [0.05, 0.1) is 23.6 Å². The largest absolute Gasteiger partial charge is 0.416 e. The van der Waals surface area contributed by atoms with Gasteiger partial charge < -0.3 is 19.5 Å². The molecular weight excluding hydrogens is 526 g/mol. The molecule has 212 valence electrons. The second-order valence-corrected chi connectivity index (χ2v) is 11.5. The van der Waals surface area contributed by atoms with Gasteiger partial charge in [0, 0.05) is 30.4 Å². The van der Waals surface area contributed by atoms with Crippen LogP contribution in [0.3, 0.4) is 0 Å². The molecule has 2 aromatic carbocycles. The van der Waals surface area contributed by atoms with Crippen LogP contribution in [-0.2, 0) is 36.5 Å². The van der Waals surface area contributed by atoms with E-state index in [-0.39, 0.29) is 35.9 Å². The average Bonchev–Trinajstić information content (AvgIpc) is 3.45. The normalized spacial score (nSPS) is 23.6. The fourth-order valence-electron chi connectivity index (χ4n) is 6.39. The first kappa shape index (κ1) is 26.9. The number of halogens is 4.